The maximum atomic E-state index is 13.9. The number of carbonyl (C=O) groups excluding carboxylic acids is 3. The number of alkyl carbamates (subject to hydrolysis) is 1. The lowest BCUT2D eigenvalue weighted by atomic mass is 9.74. The molecule has 0 aromatic rings. The molecule has 11 nitrogen and oxygen atoms in total. The van der Waals surface area contributed by atoms with Crippen molar-refractivity contribution in [1.82, 2.24) is 10.2 Å². The van der Waals surface area contributed by atoms with Gasteiger partial charge in [-0.1, -0.05) is 34.6 Å². The van der Waals surface area contributed by atoms with Crippen LogP contribution in [0.2, 0.25) is 0 Å². The highest BCUT2D eigenvalue weighted by Gasteiger charge is 2.56. The molecule has 3 heterocycles. The van der Waals surface area contributed by atoms with E-state index in [1.54, 1.807) is 21.0 Å². The molecular formula is C31H54N2O9. The Morgan fingerprint density at radius 3 is 2.26 bits per heavy atom. The average Bonchev–Trinajstić information content (AvgIpc) is 3.24. The summed E-state index contributed by atoms with van der Waals surface area (Å²) in [5, 5.41) is 14.1. The van der Waals surface area contributed by atoms with Crippen LogP contribution in [0, 0.1) is 23.7 Å². The molecule has 0 aromatic heterocycles. The van der Waals surface area contributed by atoms with E-state index in [0.717, 1.165) is 0 Å². The van der Waals surface area contributed by atoms with Crippen molar-refractivity contribution >= 4 is 17.8 Å². The van der Waals surface area contributed by atoms with E-state index in [2.05, 4.69) is 5.32 Å². The Morgan fingerprint density at radius 2 is 1.69 bits per heavy atom. The summed E-state index contributed by atoms with van der Waals surface area (Å²) in [6, 6.07) is -0.855. The van der Waals surface area contributed by atoms with Gasteiger partial charge in [0.2, 0.25) is 0 Å². The number of aliphatic hydroxyl groups excluding tert-OH is 1. The highest BCUT2D eigenvalue weighted by Crippen LogP contribution is 2.40. The molecule has 13 atom stereocenters. The van der Waals surface area contributed by atoms with Gasteiger partial charge in [0.05, 0.1) is 29.8 Å². The Morgan fingerprint density at radius 1 is 1.05 bits per heavy atom. The highest BCUT2D eigenvalue weighted by atomic mass is 16.7. The number of nitrogens with zero attached hydrogens (tertiary/aromatic N) is 1. The predicted molar refractivity (Wildman–Crippen MR) is 156 cm³/mol. The van der Waals surface area contributed by atoms with Gasteiger partial charge in [0.25, 0.3) is 0 Å². The molecule has 3 aliphatic rings. The van der Waals surface area contributed by atoms with Gasteiger partial charge in [-0.05, 0) is 66.5 Å². The lowest BCUT2D eigenvalue weighted by Crippen LogP contribution is -2.59. The van der Waals surface area contributed by atoms with Crippen LogP contribution in [0.3, 0.4) is 0 Å². The zero-order valence-electron chi connectivity index (χ0n) is 27.3. The first-order valence-corrected chi connectivity index (χ1v) is 15.4. The Hall–Kier alpha value is -1.79. The number of nitrogens with one attached hydrogen (secondary N) is 1. The minimum Gasteiger partial charge on any atom is -0.458 e. The van der Waals surface area contributed by atoms with Gasteiger partial charge in [-0.15, -0.1) is 0 Å². The molecule has 0 aromatic carbocycles. The second-order valence-corrected chi connectivity index (χ2v) is 13.6. The van der Waals surface area contributed by atoms with Crippen LogP contribution in [-0.2, 0) is 33.3 Å². The van der Waals surface area contributed by atoms with Crippen LogP contribution in [0.15, 0.2) is 0 Å². The summed E-state index contributed by atoms with van der Waals surface area (Å²) in [7, 11) is 5.42. The molecule has 0 unspecified atom stereocenters. The zero-order valence-corrected chi connectivity index (χ0v) is 27.3. The van der Waals surface area contributed by atoms with Crippen LogP contribution >= 0.6 is 0 Å². The SMILES string of the molecule is CC[C@@H]1OC(=O)[C@H](C)C[C@H](C)[C@@H](O[C@@H]2O[C@H](C)C[C@H](N(C)C)[C@H]2O)[C@@](C)(OC)C[C@@H](C)C(=O)[C@@H](C)[C@H]2NC(=O)O[C@]12C. The van der Waals surface area contributed by atoms with Crippen molar-refractivity contribution in [2.45, 2.75) is 135 Å². The quantitative estimate of drug-likeness (QED) is 0.454. The van der Waals surface area contributed by atoms with Crippen LogP contribution in [0.5, 0.6) is 0 Å². The topological polar surface area (TPSA) is 133 Å². The molecule has 3 fully saturated rings. The summed E-state index contributed by atoms with van der Waals surface area (Å²) >= 11 is 0. The van der Waals surface area contributed by atoms with E-state index in [1.807, 2.05) is 60.5 Å². The minimum atomic E-state index is -1.21. The lowest BCUT2D eigenvalue weighted by molar-refractivity contribution is -0.297. The largest absolute Gasteiger partial charge is 0.458 e. The number of hydrogen-bond acceptors (Lipinski definition) is 10. The number of fused-ring (bicyclic) bond motifs is 1. The fraction of sp³-hybridized carbons (Fsp3) is 0.903. The fourth-order valence-electron chi connectivity index (χ4n) is 7.41. The van der Waals surface area contributed by atoms with Gasteiger partial charge >= 0.3 is 12.1 Å². The number of cyclic esters (lactones) is 1. The van der Waals surface area contributed by atoms with Crippen molar-refractivity contribution in [2.24, 2.45) is 23.7 Å². The first-order chi connectivity index (χ1) is 19.5. The third kappa shape index (κ3) is 6.96. The summed E-state index contributed by atoms with van der Waals surface area (Å²) in [5.74, 6) is -2.37. The first-order valence-electron chi connectivity index (χ1n) is 15.4. The summed E-state index contributed by atoms with van der Waals surface area (Å²) in [5.41, 5.74) is -2.19. The van der Waals surface area contributed by atoms with E-state index in [4.69, 9.17) is 23.7 Å². The van der Waals surface area contributed by atoms with Crippen LogP contribution in [-0.4, -0.2) is 103 Å². The summed E-state index contributed by atoms with van der Waals surface area (Å²) < 4.78 is 30.6. The molecule has 0 spiro atoms. The van der Waals surface area contributed by atoms with Crippen LogP contribution in [0.25, 0.3) is 0 Å². The number of rotatable bonds is 5. The Balaban J connectivity index is 2.03. The van der Waals surface area contributed by atoms with Crippen molar-refractivity contribution in [3.63, 3.8) is 0 Å². The van der Waals surface area contributed by atoms with Gasteiger partial charge in [-0.25, -0.2) is 4.79 Å². The van der Waals surface area contributed by atoms with Gasteiger partial charge in [-0.3, -0.25) is 9.59 Å². The smallest absolute Gasteiger partial charge is 0.408 e. The van der Waals surface area contributed by atoms with E-state index in [1.165, 1.54) is 0 Å². The number of amides is 1. The number of methoxy groups -OCH3 is 1. The number of Topliss-reactive ketones (excluding diaryl/α,β-unsaturated/α-hetero) is 1. The second kappa shape index (κ2) is 13.5. The number of carbonyl (C=O) groups is 3. The minimum absolute atomic E-state index is 0.0754. The maximum Gasteiger partial charge on any atom is 0.408 e. The van der Waals surface area contributed by atoms with Gasteiger partial charge < -0.3 is 39.0 Å². The van der Waals surface area contributed by atoms with Gasteiger partial charge in [0.1, 0.15) is 18.0 Å². The number of likely N-dealkylation sites (N-methyl/N-ethyl adjacent to an activating group) is 1. The zero-order chi connectivity index (χ0) is 31.7. The molecule has 0 saturated carbocycles. The molecule has 42 heavy (non-hydrogen) atoms. The molecular weight excluding hydrogens is 544 g/mol. The third-order valence-electron chi connectivity index (χ3n) is 9.89. The Kier molecular flexibility index (Phi) is 11.1. The second-order valence-electron chi connectivity index (χ2n) is 13.6. The molecule has 0 aliphatic carbocycles. The van der Waals surface area contributed by atoms with E-state index < -0.39 is 71.7 Å². The third-order valence-corrected chi connectivity index (χ3v) is 9.89. The molecule has 242 valence electrons. The molecule has 1 amide bonds. The number of hydrogen-bond donors (Lipinski definition) is 2. The predicted octanol–water partition coefficient (Wildman–Crippen LogP) is 3.30. The molecule has 3 aliphatic heterocycles. The standard InChI is InChI=1S/C31H54N2O9/c1-12-22-31(8)25(32-29(37)42-31)20(6)23(34)18(4)15-30(7,38-11)26(16(2)13-17(3)27(36)40-22)41-28-24(35)21(33(9)10)14-19(5)39-28/h16-22,24-26,28,35H,12-15H2,1-11H3,(H,32,37)/t16-,17+,18+,19+,20+,21-,22-,24+,25+,26+,28-,30-,31+/m0/s1. The van der Waals surface area contributed by atoms with E-state index >= 15 is 0 Å². The van der Waals surface area contributed by atoms with Crippen molar-refractivity contribution in [2.75, 3.05) is 21.2 Å². The first kappa shape index (κ1) is 34.7. The number of ether oxygens (including phenoxy) is 5. The molecule has 11 heteroatoms. The van der Waals surface area contributed by atoms with Crippen molar-refractivity contribution in [3.8, 4) is 0 Å². The summed E-state index contributed by atoms with van der Waals surface area (Å²) in [6.07, 6.45) is -2.24. The van der Waals surface area contributed by atoms with E-state index in [-0.39, 0.29) is 23.8 Å². The van der Waals surface area contributed by atoms with Crippen molar-refractivity contribution in [3.05, 3.63) is 0 Å². The van der Waals surface area contributed by atoms with Crippen LogP contribution in [0.4, 0.5) is 4.79 Å². The van der Waals surface area contributed by atoms with E-state index in [9.17, 15) is 19.5 Å². The molecule has 0 radical (unpaired) electrons. The molecule has 2 N–H and O–H groups in total. The fourth-order valence-corrected chi connectivity index (χ4v) is 7.41. The maximum absolute atomic E-state index is 13.9. The van der Waals surface area contributed by atoms with Gasteiger partial charge in [0, 0.05) is 25.0 Å². The van der Waals surface area contributed by atoms with Gasteiger partial charge in [0.15, 0.2) is 11.9 Å². The summed E-state index contributed by atoms with van der Waals surface area (Å²) in [4.78, 5) is 41.8. The van der Waals surface area contributed by atoms with Crippen LogP contribution in [0.1, 0.15) is 81.1 Å². The van der Waals surface area contributed by atoms with Gasteiger partial charge in [-0.2, -0.15) is 0 Å². The number of esters is 1. The lowest BCUT2D eigenvalue weighted by Gasteiger charge is -2.47. The Bertz CT molecular complexity index is 978. The van der Waals surface area contributed by atoms with Crippen molar-refractivity contribution < 1.29 is 43.2 Å². The highest BCUT2D eigenvalue weighted by molar-refractivity contribution is 5.85. The van der Waals surface area contributed by atoms with Crippen LogP contribution < -0.4 is 5.32 Å². The number of aliphatic hydroxyl groups is 1. The molecule has 3 saturated heterocycles. The average molecular weight is 599 g/mol. The van der Waals surface area contributed by atoms with E-state index in [0.29, 0.717) is 25.7 Å². The molecule has 3 rings (SSSR count). The normalized spacial score (nSPS) is 45.9. The number of ketones is 1. The summed E-state index contributed by atoms with van der Waals surface area (Å²) in [6.45, 7) is 14.9. The molecule has 0 bridgehead atoms. The Labute approximate surface area is 251 Å². The van der Waals surface area contributed by atoms with Crippen molar-refractivity contribution in [1.29, 1.82) is 0 Å². The monoisotopic (exact) mass is 598 g/mol.